The van der Waals surface area contributed by atoms with Crippen LogP contribution in [0.3, 0.4) is 0 Å². The van der Waals surface area contributed by atoms with Gasteiger partial charge in [-0.05, 0) is 62.5 Å². The molecule has 1 aromatic heterocycles. The number of likely N-dealkylation sites (tertiary alicyclic amines) is 2. The molecule has 4 aliphatic rings. The summed E-state index contributed by atoms with van der Waals surface area (Å²) in [7, 11) is 2.07. The van der Waals surface area contributed by atoms with Crippen molar-refractivity contribution in [2.45, 2.75) is 38.3 Å². The van der Waals surface area contributed by atoms with Crippen LogP contribution < -0.4 is 15.0 Å². The zero-order chi connectivity index (χ0) is 29.9. The molecule has 7 rings (SSSR count). The van der Waals surface area contributed by atoms with Crippen LogP contribution >= 0.6 is 11.6 Å². The van der Waals surface area contributed by atoms with Crippen LogP contribution in [0, 0.1) is 11.2 Å². The van der Waals surface area contributed by atoms with Gasteiger partial charge in [-0.1, -0.05) is 36.4 Å². The number of halogens is 2. The molecule has 0 saturated carbocycles. The first-order chi connectivity index (χ1) is 20.8. The third kappa shape index (κ3) is 4.80. The van der Waals surface area contributed by atoms with Gasteiger partial charge in [-0.15, -0.1) is 0 Å². The van der Waals surface area contributed by atoms with Crippen LogP contribution in [-0.4, -0.2) is 84.0 Å². The normalized spacial score (nSPS) is 21.2. The highest BCUT2D eigenvalue weighted by Gasteiger charge is 2.46. The fourth-order valence-corrected chi connectivity index (χ4v) is 7.41. The van der Waals surface area contributed by atoms with Gasteiger partial charge in [0.25, 0.3) is 5.91 Å². The summed E-state index contributed by atoms with van der Waals surface area (Å²) in [5, 5.41) is 3.51. The van der Waals surface area contributed by atoms with Gasteiger partial charge in [0, 0.05) is 55.1 Å². The molecule has 0 radical (unpaired) electrons. The van der Waals surface area contributed by atoms with E-state index in [2.05, 4.69) is 33.7 Å². The number of aromatic nitrogens is 2. The molecule has 1 spiro atoms. The molecule has 1 N–H and O–H groups in total. The molecule has 224 valence electrons. The summed E-state index contributed by atoms with van der Waals surface area (Å²) in [4.78, 5) is 40.4. The summed E-state index contributed by atoms with van der Waals surface area (Å²) >= 11 is 6.81. The van der Waals surface area contributed by atoms with Crippen LogP contribution in [0.2, 0.25) is 5.02 Å². The van der Waals surface area contributed by atoms with Gasteiger partial charge in [0.1, 0.15) is 17.9 Å². The number of likely N-dealkylation sites (N-methyl/N-ethyl adjacent to an activating group) is 1. The minimum atomic E-state index is -0.604. The average molecular weight is 605 g/mol. The Morgan fingerprint density at radius 2 is 2.02 bits per heavy atom. The molecule has 3 aromatic rings. The van der Waals surface area contributed by atoms with Crippen LogP contribution in [0.5, 0.6) is 6.01 Å². The van der Waals surface area contributed by atoms with Crippen LogP contribution in [-0.2, 0) is 11.3 Å². The molecular weight excluding hydrogens is 571 g/mol. The molecule has 0 bridgehead atoms. The molecule has 3 fully saturated rings. The molecule has 3 saturated heterocycles. The Hall–Kier alpha value is -3.76. The van der Waals surface area contributed by atoms with Crippen molar-refractivity contribution in [3.8, 4) is 17.1 Å². The summed E-state index contributed by atoms with van der Waals surface area (Å²) < 4.78 is 22.8. The van der Waals surface area contributed by atoms with Crippen LogP contribution in [0.15, 0.2) is 36.9 Å². The summed E-state index contributed by atoms with van der Waals surface area (Å²) in [5.41, 5.74) is 2.02. The molecule has 11 heteroatoms. The van der Waals surface area contributed by atoms with Crippen molar-refractivity contribution in [3.63, 3.8) is 0 Å². The van der Waals surface area contributed by atoms with Gasteiger partial charge in [0.15, 0.2) is 5.82 Å². The van der Waals surface area contributed by atoms with Crippen molar-refractivity contribution in [1.82, 2.24) is 25.1 Å². The van der Waals surface area contributed by atoms with E-state index in [1.54, 1.807) is 18.2 Å². The lowest BCUT2D eigenvalue weighted by atomic mass is 9.72. The molecule has 4 aliphatic heterocycles. The molecule has 1 atom stereocenters. The van der Waals surface area contributed by atoms with Gasteiger partial charge >= 0.3 is 6.01 Å². The fourth-order valence-electron chi connectivity index (χ4n) is 7.12. The van der Waals surface area contributed by atoms with E-state index in [0.29, 0.717) is 48.6 Å². The highest BCUT2D eigenvalue weighted by atomic mass is 35.5. The number of fused-ring (bicyclic) bond motifs is 2. The summed E-state index contributed by atoms with van der Waals surface area (Å²) in [6, 6.07) is 7.46. The van der Waals surface area contributed by atoms with E-state index in [4.69, 9.17) is 21.3 Å². The quantitative estimate of drug-likeness (QED) is 0.417. The van der Waals surface area contributed by atoms with Crippen molar-refractivity contribution in [2.75, 3.05) is 51.3 Å². The standard InChI is InChI=1S/C32H34ClFN6O3/c1-3-24(41)40-17-32(18-40)9-12-39(13-10-32)29-22-14-23(33)26(21-8-4-6-19-15-35-30(42)25(19)21)27(34)28(22)36-31(37-29)43-16-20-7-5-11-38(20)2/h3-4,6,8,14,20H,1,5,7,9-13,15-18H2,2H3,(H,35,42)/t20-/m0/s1. The monoisotopic (exact) mass is 604 g/mol. The van der Waals surface area contributed by atoms with Crippen molar-refractivity contribution in [3.05, 3.63) is 58.9 Å². The number of piperidine rings is 1. The van der Waals surface area contributed by atoms with Crippen LogP contribution in [0.4, 0.5) is 10.2 Å². The van der Waals surface area contributed by atoms with Gasteiger partial charge in [0.05, 0.1) is 10.6 Å². The maximum atomic E-state index is 16.6. The maximum absolute atomic E-state index is 16.6. The van der Waals surface area contributed by atoms with Gasteiger partial charge in [-0.3, -0.25) is 9.59 Å². The van der Waals surface area contributed by atoms with E-state index in [-0.39, 0.29) is 45.4 Å². The summed E-state index contributed by atoms with van der Waals surface area (Å²) in [6.07, 6.45) is 5.24. The topological polar surface area (TPSA) is 90.9 Å². The van der Waals surface area contributed by atoms with Crippen molar-refractivity contribution >= 4 is 40.1 Å². The Kier molecular flexibility index (Phi) is 7.01. The van der Waals surface area contributed by atoms with E-state index in [9.17, 15) is 9.59 Å². The van der Waals surface area contributed by atoms with E-state index in [1.165, 1.54) is 6.08 Å². The van der Waals surface area contributed by atoms with E-state index in [0.717, 1.165) is 50.9 Å². The first-order valence-corrected chi connectivity index (χ1v) is 15.2. The Labute approximate surface area is 254 Å². The van der Waals surface area contributed by atoms with E-state index < -0.39 is 5.82 Å². The number of nitrogens with zero attached hydrogens (tertiary/aromatic N) is 5. The zero-order valence-corrected chi connectivity index (χ0v) is 24.9. The van der Waals surface area contributed by atoms with Gasteiger partial charge in [-0.25, -0.2) is 4.39 Å². The Bertz CT molecular complexity index is 1650. The molecule has 0 unspecified atom stereocenters. The second-order valence-corrected chi connectivity index (χ2v) is 12.7. The molecule has 2 aromatic carbocycles. The largest absolute Gasteiger partial charge is 0.462 e. The Morgan fingerprint density at radius 1 is 1.23 bits per heavy atom. The van der Waals surface area contributed by atoms with Crippen LogP contribution in [0.1, 0.15) is 41.6 Å². The number of hydrogen-bond donors (Lipinski definition) is 1. The smallest absolute Gasteiger partial charge is 0.319 e. The first kappa shape index (κ1) is 28.0. The minimum Gasteiger partial charge on any atom is -0.462 e. The molecule has 9 nitrogen and oxygen atoms in total. The first-order valence-electron chi connectivity index (χ1n) is 14.9. The van der Waals surface area contributed by atoms with Crippen molar-refractivity contribution < 1.29 is 18.7 Å². The molecule has 2 amide bonds. The number of rotatable bonds is 6. The number of ether oxygens (including phenoxy) is 1. The molecular formula is C32H34ClFN6O3. The lowest BCUT2D eigenvalue weighted by molar-refractivity contribution is -0.139. The van der Waals surface area contributed by atoms with E-state index in [1.807, 2.05) is 11.0 Å². The van der Waals surface area contributed by atoms with E-state index >= 15 is 4.39 Å². The molecule has 0 aliphatic carbocycles. The minimum absolute atomic E-state index is 0.0352. The lowest BCUT2D eigenvalue weighted by Gasteiger charge is -2.54. The number of amides is 2. The molecule has 43 heavy (non-hydrogen) atoms. The summed E-state index contributed by atoms with van der Waals surface area (Å²) in [5.74, 6) is -0.308. The van der Waals surface area contributed by atoms with Crippen LogP contribution in [0.25, 0.3) is 22.0 Å². The van der Waals surface area contributed by atoms with Gasteiger partial charge < -0.3 is 24.8 Å². The maximum Gasteiger partial charge on any atom is 0.319 e. The fraction of sp³-hybridized carbons (Fsp3) is 0.438. The highest BCUT2D eigenvalue weighted by molar-refractivity contribution is 6.34. The number of benzene rings is 2. The number of nitrogens with one attached hydrogen (secondary N) is 1. The summed E-state index contributed by atoms with van der Waals surface area (Å²) in [6.45, 7) is 8.24. The third-order valence-corrected chi connectivity index (χ3v) is 9.97. The lowest BCUT2D eigenvalue weighted by Crippen LogP contribution is -2.61. The Balaban J connectivity index is 1.27. The predicted octanol–water partition coefficient (Wildman–Crippen LogP) is 4.42. The van der Waals surface area contributed by atoms with Gasteiger partial charge in [-0.2, -0.15) is 9.97 Å². The number of hydrogen-bond acceptors (Lipinski definition) is 7. The van der Waals surface area contributed by atoms with Gasteiger partial charge in [0.2, 0.25) is 5.91 Å². The number of anilines is 1. The number of carbonyl (C=O) groups excluding carboxylic acids is 2. The SMILES string of the molecule is C=CC(=O)N1CC2(CCN(c3nc(OC[C@@H]4CCCN4C)nc4c(F)c(-c5cccc6c5C(=O)NC6)c(Cl)cc34)CC2)C1. The predicted molar refractivity (Wildman–Crippen MR) is 163 cm³/mol. The zero-order valence-electron chi connectivity index (χ0n) is 24.2. The average Bonchev–Trinajstić information content (AvgIpc) is 3.59. The second-order valence-electron chi connectivity index (χ2n) is 12.3. The second kappa shape index (κ2) is 10.7. The number of carbonyl (C=O) groups is 2. The van der Waals surface area contributed by atoms with Crippen molar-refractivity contribution in [2.24, 2.45) is 5.41 Å². The highest BCUT2D eigenvalue weighted by Crippen LogP contribution is 2.44. The molecule has 5 heterocycles. The van der Waals surface area contributed by atoms with Crippen molar-refractivity contribution in [1.29, 1.82) is 0 Å². The Morgan fingerprint density at radius 3 is 2.74 bits per heavy atom. The third-order valence-electron chi connectivity index (χ3n) is 9.67.